The molecule has 0 saturated heterocycles. The monoisotopic (exact) mass is 290 g/mol. The lowest BCUT2D eigenvalue weighted by Crippen LogP contribution is -2.12. The summed E-state index contributed by atoms with van der Waals surface area (Å²) in [5.41, 5.74) is 3.86. The van der Waals surface area contributed by atoms with E-state index in [-0.39, 0.29) is 11.1 Å². The van der Waals surface area contributed by atoms with E-state index in [1.54, 1.807) is 6.07 Å². The zero-order valence-corrected chi connectivity index (χ0v) is 12.3. The summed E-state index contributed by atoms with van der Waals surface area (Å²) in [5, 5.41) is 13.6. The van der Waals surface area contributed by atoms with Crippen LogP contribution in [0.5, 0.6) is 0 Å². The van der Waals surface area contributed by atoms with Crippen molar-refractivity contribution in [1.29, 1.82) is 5.26 Å². The van der Waals surface area contributed by atoms with Crippen molar-refractivity contribution in [2.24, 2.45) is 0 Å². The Morgan fingerprint density at radius 1 is 1.18 bits per heavy atom. The van der Waals surface area contributed by atoms with Crippen molar-refractivity contribution in [2.75, 3.05) is 0 Å². The number of benzene rings is 1. The van der Waals surface area contributed by atoms with Crippen molar-refractivity contribution in [3.63, 3.8) is 0 Å². The summed E-state index contributed by atoms with van der Waals surface area (Å²) in [4.78, 5) is 14.4. The number of aryl methyl sites for hydroxylation is 2. The van der Waals surface area contributed by atoms with Gasteiger partial charge in [0.25, 0.3) is 5.56 Å². The molecule has 22 heavy (non-hydrogen) atoms. The molecule has 1 N–H and O–H groups in total. The van der Waals surface area contributed by atoms with Gasteiger partial charge in [-0.3, -0.25) is 4.79 Å². The largest absolute Gasteiger partial charge is 0.325 e. The number of pyridine rings is 1. The molecule has 0 fully saturated rings. The molecule has 0 bridgehead atoms. The SMILES string of the molecule is Cc1cc(-c2cc(C#N)c(=O)[nH]c2C)n(-c2ccccc2)n1. The Hall–Kier alpha value is -3.13. The maximum absolute atomic E-state index is 11.7. The van der Waals surface area contributed by atoms with Crippen LogP contribution in [0.3, 0.4) is 0 Å². The molecule has 0 radical (unpaired) electrons. The predicted molar refractivity (Wildman–Crippen MR) is 83.8 cm³/mol. The van der Waals surface area contributed by atoms with E-state index >= 15 is 0 Å². The lowest BCUT2D eigenvalue weighted by atomic mass is 10.1. The van der Waals surface area contributed by atoms with Crippen LogP contribution in [0.25, 0.3) is 16.9 Å². The van der Waals surface area contributed by atoms with E-state index in [4.69, 9.17) is 5.26 Å². The molecule has 2 heterocycles. The Morgan fingerprint density at radius 2 is 1.91 bits per heavy atom. The highest BCUT2D eigenvalue weighted by Crippen LogP contribution is 2.25. The molecule has 0 aliphatic carbocycles. The van der Waals surface area contributed by atoms with E-state index in [2.05, 4.69) is 10.1 Å². The highest BCUT2D eigenvalue weighted by Gasteiger charge is 2.14. The molecule has 0 aliphatic heterocycles. The number of hydrogen-bond donors (Lipinski definition) is 1. The van der Waals surface area contributed by atoms with Gasteiger partial charge in [-0.15, -0.1) is 0 Å². The van der Waals surface area contributed by atoms with Crippen LogP contribution in [0.4, 0.5) is 0 Å². The molecule has 0 amide bonds. The minimum absolute atomic E-state index is 0.0964. The molecule has 1 aromatic carbocycles. The van der Waals surface area contributed by atoms with Gasteiger partial charge in [-0.1, -0.05) is 18.2 Å². The molecule has 5 heteroatoms. The number of aromatic amines is 1. The van der Waals surface area contributed by atoms with Gasteiger partial charge < -0.3 is 4.98 Å². The zero-order chi connectivity index (χ0) is 15.7. The quantitative estimate of drug-likeness (QED) is 0.788. The second-order valence-electron chi connectivity index (χ2n) is 5.08. The zero-order valence-electron chi connectivity index (χ0n) is 12.3. The minimum Gasteiger partial charge on any atom is -0.325 e. The van der Waals surface area contributed by atoms with E-state index in [1.807, 2.05) is 61.0 Å². The number of H-pyrrole nitrogens is 1. The van der Waals surface area contributed by atoms with Gasteiger partial charge in [0.1, 0.15) is 11.6 Å². The van der Waals surface area contributed by atoms with Crippen LogP contribution < -0.4 is 5.56 Å². The molecule has 5 nitrogen and oxygen atoms in total. The van der Waals surface area contributed by atoms with E-state index in [1.165, 1.54) is 0 Å². The van der Waals surface area contributed by atoms with Crippen LogP contribution in [0.2, 0.25) is 0 Å². The van der Waals surface area contributed by atoms with Gasteiger partial charge in [-0.05, 0) is 38.1 Å². The molecule has 3 aromatic rings. The first-order valence-corrected chi connectivity index (χ1v) is 6.86. The maximum atomic E-state index is 11.7. The van der Waals surface area contributed by atoms with Crippen molar-refractivity contribution in [1.82, 2.24) is 14.8 Å². The Balaban J connectivity index is 2.27. The van der Waals surface area contributed by atoms with Crippen LogP contribution in [0.1, 0.15) is 17.0 Å². The van der Waals surface area contributed by atoms with Crippen LogP contribution in [0.15, 0.2) is 47.3 Å². The van der Waals surface area contributed by atoms with Crippen LogP contribution in [-0.4, -0.2) is 14.8 Å². The fraction of sp³-hybridized carbons (Fsp3) is 0.118. The van der Waals surface area contributed by atoms with Crippen molar-refractivity contribution in [3.8, 4) is 23.0 Å². The normalized spacial score (nSPS) is 10.4. The van der Waals surface area contributed by atoms with Crippen LogP contribution in [0, 0.1) is 25.2 Å². The molecule has 2 aromatic heterocycles. The van der Waals surface area contributed by atoms with Crippen molar-refractivity contribution >= 4 is 0 Å². The number of hydrogen-bond acceptors (Lipinski definition) is 3. The molecule has 108 valence electrons. The summed E-state index contributed by atoms with van der Waals surface area (Å²) in [5.74, 6) is 0. The van der Waals surface area contributed by atoms with Gasteiger partial charge in [0, 0.05) is 11.3 Å². The molecule has 0 spiro atoms. The highest BCUT2D eigenvalue weighted by molar-refractivity contribution is 5.66. The van der Waals surface area contributed by atoms with E-state index in [9.17, 15) is 4.79 Å². The average Bonchev–Trinajstić information content (AvgIpc) is 2.90. The summed E-state index contributed by atoms with van der Waals surface area (Å²) in [7, 11) is 0. The number of nitriles is 1. The third-order valence-corrected chi connectivity index (χ3v) is 3.47. The van der Waals surface area contributed by atoms with Crippen molar-refractivity contribution in [2.45, 2.75) is 13.8 Å². The second kappa shape index (κ2) is 5.34. The first kappa shape index (κ1) is 13.8. The smallest absolute Gasteiger partial charge is 0.266 e. The van der Waals surface area contributed by atoms with Gasteiger partial charge in [0.2, 0.25) is 0 Å². The van der Waals surface area contributed by atoms with E-state index in [0.717, 1.165) is 22.6 Å². The summed E-state index contributed by atoms with van der Waals surface area (Å²) < 4.78 is 1.82. The number of aromatic nitrogens is 3. The summed E-state index contributed by atoms with van der Waals surface area (Å²) in [6.45, 7) is 3.73. The predicted octanol–water partition coefficient (Wildman–Crippen LogP) is 2.72. The molecular weight excluding hydrogens is 276 g/mol. The molecule has 0 atom stereocenters. The third-order valence-electron chi connectivity index (χ3n) is 3.47. The van der Waals surface area contributed by atoms with Gasteiger partial charge in [0.15, 0.2) is 0 Å². The van der Waals surface area contributed by atoms with Crippen molar-refractivity contribution in [3.05, 3.63) is 69.8 Å². The maximum Gasteiger partial charge on any atom is 0.266 e. The van der Waals surface area contributed by atoms with Crippen LogP contribution in [-0.2, 0) is 0 Å². The van der Waals surface area contributed by atoms with E-state index < -0.39 is 0 Å². The fourth-order valence-electron chi connectivity index (χ4n) is 2.43. The molecule has 3 rings (SSSR count). The standard InChI is InChI=1S/C17H14N4O/c1-11-8-16(21(20-11)14-6-4-3-5-7-14)15-9-13(10-18)17(22)19-12(15)2/h3-9H,1-2H3,(H,19,22). The third kappa shape index (κ3) is 2.31. The van der Waals surface area contributed by atoms with Crippen LogP contribution >= 0.6 is 0 Å². The average molecular weight is 290 g/mol. The number of rotatable bonds is 2. The van der Waals surface area contributed by atoms with Crippen molar-refractivity contribution < 1.29 is 0 Å². The molecule has 0 unspecified atom stereocenters. The number of nitrogens with one attached hydrogen (secondary N) is 1. The first-order valence-electron chi connectivity index (χ1n) is 6.86. The Bertz CT molecular complexity index is 930. The van der Waals surface area contributed by atoms with E-state index in [0.29, 0.717) is 5.69 Å². The summed E-state index contributed by atoms with van der Waals surface area (Å²) in [6.07, 6.45) is 0. The summed E-state index contributed by atoms with van der Waals surface area (Å²) >= 11 is 0. The number of nitrogens with zero attached hydrogens (tertiary/aromatic N) is 3. The number of para-hydroxylation sites is 1. The lowest BCUT2D eigenvalue weighted by Gasteiger charge is -2.10. The van der Waals surface area contributed by atoms with Gasteiger partial charge >= 0.3 is 0 Å². The fourth-order valence-corrected chi connectivity index (χ4v) is 2.43. The topological polar surface area (TPSA) is 74.5 Å². The Labute approximate surface area is 127 Å². The highest BCUT2D eigenvalue weighted by atomic mass is 16.1. The van der Waals surface area contributed by atoms with Gasteiger partial charge in [-0.25, -0.2) is 4.68 Å². The molecule has 0 aliphatic rings. The molecular formula is C17H14N4O. The van der Waals surface area contributed by atoms with Gasteiger partial charge in [0.05, 0.1) is 17.1 Å². The lowest BCUT2D eigenvalue weighted by molar-refractivity contribution is 0.867. The second-order valence-corrected chi connectivity index (χ2v) is 5.08. The molecule has 0 saturated carbocycles. The minimum atomic E-state index is -0.369. The van der Waals surface area contributed by atoms with Gasteiger partial charge in [-0.2, -0.15) is 10.4 Å². The summed E-state index contributed by atoms with van der Waals surface area (Å²) in [6, 6.07) is 15.2. The first-order chi connectivity index (χ1) is 10.6. The Kier molecular flexibility index (Phi) is 3.36. The Morgan fingerprint density at radius 3 is 2.59 bits per heavy atom.